The molecule has 2 rings (SSSR count). The number of nitriles is 1. The van der Waals surface area contributed by atoms with Crippen molar-refractivity contribution < 1.29 is 5.11 Å². The predicted octanol–water partition coefficient (Wildman–Crippen LogP) is 2.06. The van der Waals surface area contributed by atoms with Gasteiger partial charge in [0.1, 0.15) is 17.6 Å². The molecule has 0 unspecified atom stereocenters. The summed E-state index contributed by atoms with van der Waals surface area (Å²) in [4.78, 5) is 4.13. The normalized spacial score (nSPS) is 9.78. The lowest BCUT2D eigenvalue weighted by Gasteiger charge is -2.06. The Balaban J connectivity index is 2.04. The average Bonchev–Trinajstić information content (AvgIpc) is 2.45. The molecule has 4 nitrogen and oxygen atoms in total. The van der Waals surface area contributed by atoms with Crippen LogP contribution in [0.4, 0.5) is 5.82 Å². The van der Waals surface area contributed by atoms with Crippen molar-refractivity contribution in [2.24, 2.45) is 0 Å². The topological polar surface area (TPSA) is 68.9 Å². The highest BCUT2D eigenvalue weighted by atomic mass is 16.3. The Morgan fingerprint density at radius 2 is 1.94 bits per heavy atom. The van der Waals surface area contributed by atoms with Crippen molar-refractivity contribution in [1.29, 1.82) is 5.26 Å². The van der Waals surface area contributed by atoms with E-state index in [4.69, 9.17) is 10.4 Å². The van der Waals surface area contributed by atoms with Gasteiger partial charge >= 0.3 is 0 Å². The maximum absolute atomic E-state index is 9.05. The molecule has 0 amide bonds. The highest BCUT2D eigenvalue weighted by Gasteiger charge is 1.98. The van der Waals surface area contributed by atoms with Gasteiger partial charge < -0.3 is 10.4 Å². The minimum absolute atomic E-state index is 0.0377. The summed E-state index contributed by atoms with van der Waals surface area (Å²) in [6.07, 6.45) is 0. The maximum Gasteiger partial charge on any atom is 0.142 e. The van der Waals surface area contributed by atoms with Crippen molar-refractivity contribution in [3.63, 3.8) is 0 Å². The molecule has 0 bridgehead atoms. The molecule has 18 heavy (non-hydrogen) atoms. The lowest BCUT2D eigenvalue weighted by molar-refractivity contribution is 0.281. The minimum atomic E-state index is 0.0377. The highest BCUT2D eigenvalue weighted by Crippen LogP contribution is 2.09. The zero-order chi connectivity index (χ0) is 12.8. The number of pyridine rings is 1. The fourth-order valence-electron chi connectivity index (χ4n) is 1.63. The van der Waals surface area contributed by atoms with Crippen LogP contribution >= 0.6 is 0 Å². The summed E-state index contributed by atoms with van der Waals surface area (Å²) in [6, 6.07) is 15.0. The smallest absolute Gasteiger partial charge is 0.142 e. The lowest BCUT2D eigenvalue weighted by Crippen LogP contribution is -2.02. The van der Waals surface area contributed by atoms with Crippen LogP contribution in [0.15, 0.2) is 42.5 Å². The number of hydrogen-bond acceptors (Lipinski definition) is 4. The van der Waals surface area contributed by atoms with Gasteiger partial charge in [0.25, 0.3) is 0 Å². The number of benzene rings is 1. The van der Waals surface area contributed by atoms with Crippen molar-refractivity contribution in [2.75, 3.05) is 5.32 Å². The molecular weight excluding hydrogens is 226 g/mol. The van der Waals surface area contributed by atoms with Gasteiger partial charge in [-0.3, -0.25) is 0 Å². The summed E-state index contributed by atoms with van der Waals surface area (Å²) >= 11 is 0. The number of rotatable bonds is 4. The Morgan fingerprint density at radius 3 is 2.72 bits per heavy atom. The predicted molar refractivity (Wildman–Crippen MR) is 68.6 cm³/mol. The van der Waals surface area contributed by atoms with E-state index in [0.717, 1.165) is 11.1 Å². The molecule has 90 valence electrons. The van der Waals surface area contributed by atoms with Crippen molar-refractivity contribution in [1.82, 2.24) is 4.98 Å². The number of nitrogens with zero attached hydrogens (tertiary/aromatic N) is 2. The summed E-state index contributed by atoms with van der Waals surface area (Å²) < 4.78 is 0. The summed E-state index contributed by atoms with van der Waals surface area (Å²) in [5.74, 6) is 0.670. The SMILES string of the molecule is N#Cc1cccc(NCc2cccc(CO)c2)n1. The van der Waals surface area contributed by atoms with E-state index in [1.165, 1.54) is 0 Å². The molecule has 0 saturated heterocycles. The Hall–Kier alpha value is -2.38. The first-order chi connectivity index (χ1) is 8.81. The fraction of sp³-hybridized carbons (Fsp3) is 0.143. The molecule has 4 heteroatoms. The number of anilines is 1. The Kier molecular flexibility index (Phi) is 3.90. The van der Waals surface area contributed by atoms with Crippen LogP contribution < -0.4 is 5.32 Å². The van der Waals surface area contributed by atoms with Crippen molar-refractivity contribution in [3.8, 4) is 6.07 Å². The van der Waals surface area contributed by atoms with Gasteiger partial charge in [-0.25, -0.2) is 4.98 Å². The first kappa shape index (κ1) is 12.1. The van der Waals surface area contributed by atoms with Crippen LogP contribution in [-0.4, -0.2) is 10.1 Å². The van der Waals surface area contributed by atoms with Crippen LogP contribution in [-0.2, 0) is 13.2 Å². The van der Waals surface area contributed by atoms with Crippen LogP contribution in [0, 0.1) is 11.3 Å². The summed E-state index contributed by atoms with van der Waals surface area (Å²) in [7, 11) is 0. The summed E-state index contributed by atoms with van der Waals surface area (Å²) in [5, 5.41) is 20.9. The van der Waals surface area contributed by atoms with Gasteiger partial charge in [-0.1, -0.05) is 30.3 Å². The standard InChI is InChI=1S/C14H13N3O/c15-8-13-5-2-6-14(17-13)16-9-11-3-1-4-12(7-11)10-18/h1-7,18H,9-10H2,(H,16,17). The minimum Gasteiger partial charge on any atom is -0.392 e. The molecule has 1 aromatic carbocycles. The van der Waals surface area contributed by atoms with E-state index in [2.05, 4.69) is 10.3 Å². The molecular formula is C14H13N3O. The monoisotopic (exact) mass is 239 g/mol. The van der Waals surface area contributed by atoms with E-state index in [-0.39, 0.29) is 6.61 Å². The van der Waals surface area contributed by atoms with Crippen LogP contribution in [0.1, 0.15) is 16.8 Å². The van der Waals surface area contributed by atoms with Crippen LogP contribution in [0.5, 0.6) is 0 Å². The zero-order valence-corrected chi connectivity index (χ0v) is 9.80. The van der Waals surface area contributed by atoms with E-state index < -0.39 is 0 Å². The lowest BCUT2D eigenvalue weighted by atomic mass is 10.1. The van der Waals surface area contributed by atoms with E-state index in [0.29, 0.717) is 18.1 Å². The highest BCUT2D eigenvalue weighted by molar-refractivity contribution is 5.39. The molecule has 0 aliphatic heterocycles. The van der Waals surface area contributed by atoms with E-state index >= 15 is 0 Å². The van der Waals surface area contributed by atoms with E-state index in [9.17, 15) is 0 Å². The molecule has 2 aromatic rings. The number of aromatic nitrogens is 1. The molecule has 0 aliphatic rings. The zero-order valence-electron chi connectivity index (χ0n) is 9.80. The molecule has 1 aromatic heterocycles. The maximum atomic E-state index is 9.05. The number of aliphatic hydroxyl groups is 1. The van der Waals surface area contributed by atoms with Gasteiger partial charge in [0.05, 0.1) is 6.61 Å². The second kappa shape index (κ2) is 5.80. The van der Waals surface area contributed by atoms with Crippen LogP contribution in [0.25, 0.3) is 0 Å². The second-order valence-corrected chi connectivity index (χ2v) is 3.85. The quantitative estimate of drug-likeness (QED) is 0.856. The van der Waals surface area contributed by atoms with E-state index in [1.54, 1.807) is 12.1 Å². The van der Waals surface area contributed by atoms with Gasteiger partial charge in [0.2, 0.25) is 0 Å². The van der Waals surface area contributed by atoms with Gasteiger partial charge in [-0.2, -0.15) is 5.26 Å². The molecule has 0 spiro atoms. The van der Waals surface area contributed by atoms with Gasteiger partial charge in [-0.15, -0.1) is 0 Å². The number of nitrogens with one attached hydrogen (secondary N) is 1. The van der Waals surface area contributed by atoms with Gasteiger partial charge in [0.15, 0.2) is 0 Å². The molecule has 0 saturated carbocycles. The van der Waals surface area contributed by atoms with Gasteiger partial charge in [-0.05, 0) is 23.3 Å². The molecule has 0 atom stereocenters. The number of hydrogen-bond donors (Lipinski definition) is 2. The molecule has 1 heterocycles. The Bertz CT molecular complexity index is 575. The number of aliphatic hydroxyl groups excluding tert-OH is 1. The first-order valence-corrected chi connectivity index (χ1v) is 5.61. The third-order valence-corrected chi connectivity index (χ3v) is 2.51. The molecule has 0 fully saturated rings. The van der Waals surface area contributed by atoms with Crippen molar-refractivity contribution >= 4 is 5.82 Å². The van der Waals surface area contributed by atoms with Crippen LogP contribution in [0.2, 0.25) is 0 Å². The third kappa shape index (κ3) is 3.06. The van der Waals surface area contributed by atoms with Crippen LogP contribution in [0.3, 0.4) is 0 Å². The Morgan fingerprint density at radius 1 is 1.17 bits per heavy atom. The van der Waals surface area contributed by atoms with Crippen molar-refractivity contribution in [3.05, 3.63) is 59.3 Å². The molecule has 0 aliphatic carbocycles. The summed E-state index contributed by atoms with van der Waals surface area (Å²) in [5.41, 5.74) is 2.34. The second-order valence-electron chi connectivity index (χ2n) is 3.85. The Labute approximate surface area is 106 Å². The molecule has 2 N–H and O–H groups in total. The third-order valence-electron chi connectivity index (χ3n) is 2.51. The largest absolute Gasteiger partial charge is 0.392 e. The summed E-state index contributed by atoms with van der Waals surface area (Å²) in [6.45, 7) is 0.645. The first-order valence-electron chi connectivity index (χ1n) is 5.61. The average molecular weight is 239 g/mol. The van der Waals surface area contributed by atoms with E-state index in [1.807, 2.05) is 36.4 Å². The fourth-order valence-corrected chi connectivity index (χ4v) is 1.63. The van der Waals surface area contributed by atoms with Crippen molar-refractivity contribution in [2.45, 2.75) is 13.2 Å². The van der Waals surface area contributed by atoms with Gasteiger partial charge in [0, 0.05) is 6.54 Å². The molecule has 0 radical (unpaired) electrons.